The summed E-state index contributed by atoms with van der Waals surface area (Å²) in [4.78, 5) is 32.1. The monoisotopic (exact) mass is 600 g/mol. The van der Waals surface area contributed by atoms with Gasteiger partial charge in [0.15, 0.2) is 0 Å². The number of hydrogen-bond acceptors (Lipinski definition) is 5. The second-order valence-electron chi connectivity index (χ2n) is 11.8. The fourth-order valence-corrected chi connectivity index (χ4v) is 8.27. The Morgan fingerprint density at radius 3 is 2.27 bits per heavy atom. The summed E-state index contributed by atoms with van der Waals surface area (Å²) < 4.78 is 28.7. The lowest BCUT2D eigenvalue weighted by atomic mass is 9.94. The molecule has 0 aliphatic carbocycles. The van der Waals surface area contributed by atoms with Crippen LogP contribution in [0.3, 0.4) is 0 Å². The molecule has 5 rings (SSSR count). The summed E-state index contributed by atoms with van der Waals surface area (Å²) in [5.41, 5.74) is 1.79. The number of likely N-dealkylation sites (tertiary alicyclic amines) is 1. The molecule has 3 aliphatic heterocycles. The third-order valence-electron chi connectivity index (χ3n) is 9.08. The number of rotatable bonds is 9. The molecule has 8 nitrogen and oxygen atoms in total. The van der Waals surface area contributed by atoms with E-state index in [-0.39, 0.29) is 23.8 Å². The van der Waals surface area contributed by atoms with Crippen LogP contribution in [0.25, 0.3) is 0 Å². The van der Waals surface area contributed by atoms with Crippen LogP contribution in [0, 0.1) is 12.8 Å². The lowest BCUT2D eigenvalue weighted by molar-refractivity contribution is -0.133. The van der Waals surface area contributed by atoms with Gasteiger partial charge in [-0.05, 0) is 81.7 Å². The zero-order valence-corrected chi connectivity index (χ0v) is 25.5. The first kappa shape index (κ1) is 30.0. The van der Waals surface area contributed by atoms with Crippen molar-refractivity contribution in [2.45, 2.75) is 81.8 Å². The Hall–Kier alpha value is -2.46. The Morgan fingerprint density at radius 2 is 1.66 bits per heavy atom. The largest absolute Gasteiger partial charge is 0.343 e. The smallest absolute Gasteiger partial charge is 0.240 e. The van der Waals surface area contributed by atoms with Gasteiger partial charge in [-0.15, -0.1) is 0 Å². The van der Waals surface area contributed by atoms with Crippen LogP contribution in [0.1, 0.15) is 57.4 Å². The van der Waals surface area contributed by atoms with Crippen molar-refractivity contribution < 1.29 is 18.0 Å². The Bertz CT molecular complexity index is 1330. The molecule has 0 spiro atoms. The molecule has 2 aromatic rings. The molecule has 3 aliphatic rings. The van der Waals surface area contributed by atoms with E-state index in [0.29, 0.717) is 54.5 Å². The van der Waals surface area contributed by atoms with Crippen molar-refractivity contribution in [2.75, 3.05) is 31.1 Å². The van der Waals surface area contributed by atoms with Gasteiger partial charge in [0, 0.05) is 67.9 Å². The normalized spacial score (nSPS) is 23.5. The number of fused-ring (bicyclic) bond motifs is 2. The minimum absolute atomic E-state index is 0.0596. The first-order chi connectivity index (χ1) is 19.6. The topological polar surface area (TPSA) is 90.0 Å². The van der Waals surface area contributed by atoms with E-state index in [0.717, 1.165) is 49.9 Å². The van der Waals surface area contributed by atoms with Gasteiger partial charge in [0.2, 0.25) is 21.8 Å². The molecule has 3 fully saturated rings. The SMILES string of the molecule is CC(=O)N1CCC(C(=O)N(CCCN2C3CCC2CC(NS(=O)(=O)c2ccccc2)C3)c2ccc(C)c(Cl)c2)CC1. The van der Waals surface area contributed by atoms with Crippen molar-refractivity contribution in [3.8, 4) is 0 Å². The van der Waals surface area contributed by atoms with E-state index in [1.54, 1.807) is 31.2 Å². The highest BCUT2D eigenvalue weighted by atomic mass is 35.5. The molecule has 2 amide bonds. The predicted molar refractivity (Wildman–Crippen MR) is 161 cm³/mol. The van der Waals surface area contributed by atoms with Gasteiger partial charge in [0.1, 0.15) is 0 Å². The summed E-state index contributed by atoms with van der Waals surface area (Å²) in [6.45, 7) is 6.21. The third-order valence-corrected chi connectivity index (χ3v) is 11.0. The summed E-state index contributed by atoms with van der Waals surface area (Å²) in [6, 6.07) is 15.0. The number of sulfonamides is 1. The van der Waals surface area contributed by atoms with Gasteiger partial charge < -0.3 is 9.80 Å². The molecular weight excluding hydrogens is 560 g/mol. The van der Waals surface area contributed by atoms with E-state index in [1.807, 2.05) is 41.0 Å². The van der Waals surface area contributed by atoms with Gasteiger partial charge in [-0.2, -0.15) is 0 Å². The Balaban J connectivity index is 1.21. The summed E-state index contributed by atoms with van der Waals surface area (Å²) in [7, 11) is -3.54. The maximum absolute atomic E-state index is 13.8. The maximum Gasteiger partial charge on any atom is 0.240 e. The van der Waals surface area contributed by atoms with Crippen molar-refractivity contribution >= 4 is 39.1 Å². The van der Waals surface area contributed by atoms with E-state index in [2.05, 4.69) is 9.62 Å². The quantitative estimate of drug-likeness (QED) is 0.454. The number of hydrogen-bond donors (Lipinski definition) is 1. The van der Waals surface area contributed by atoms with Crippen LogP contribution >= 0.6 is 11.6 Å². The molecule has 0 aromatic heterocycles. The standard InChI is InChI=1S/C31H41ClN4O4S/c1-22-9-10-28(21-30(22)32)36(31(38)24-13-17-34(18-14-24)23(2)37)16-6-15-35-26-11-12-27(35)20-25(19-26)33-41(39,40)29-7-4-3-5-8-29/h3-5,7-10,21,24-27,33H,6,11-20H2,1-2H3. The van der Waals surface area contributed by atoms with Crippen LogP contribution in [0.4, 0.5) is 5.69 Å². The van der Waals surface area contributed by atoms with Crippen LogP contribution < -0.4 is 9.62 Å². The summed E-state index contributed by atoms with van der Waals surface area (Å²) >= 11 is 6.46. The number of carbonyl (C=O) groups excluding carboxylic acids is 2. The van der Waals surface area contributed by atoms with Gasteiger partial charge >= 0.3 is 0 Å². The van der Waals surface area contributed by atoms with Gasteiger partial charge in [0.25, 0.3) is 0 Å². The molecule has 1 N–H and O–H groups in total. The number of carbonyl (C=O) groups is 2. The molecule has 2 bridgehead atoms. The number of aryl methyl sites for hydroxylation is 1. The zero-order valence-electron chi connectivity index (χ0n) is 24.0. The maximum atomic E-state index is 13.8. The van der Waals surface area contributed by atoms with Crippen molar-refractivity contribution in [1.82, 2.24) is 14.5 Å². The molecule has 41 heavy (non-hydrogen) atoms. The zero-order chi connectivity index (χ0) is 29.1. The van der Waals surface area contributed by atoms with Gasteiger partial charge in [-0.1, -0.05) is 35.9 Å². The van der Waals surface area contributed by atoms with Crippen LogP contribution in [0.5, 0.6) is 0 Å². The Morgan fingerprint density at radius 1 is 1.00 bits per heavy atom. The highest BCUT2D eigenvalue weighted by Crippen LogP contribution is 2.36. The second kappa shape index (κ2) is 12.8. The number of amides is 2. The van der Waals surface area contributed by atoms with Crippen LogP contribution in [-0.4, -0.2) is 74.3 Å². The van der Waals surface area contributed by atoms with Gasteiger partial charge in [-0.3, -0.25) is 14.5 Å². The molecule has 2 aromatic carbocycles. The number of nitrogens with zero attached hydrogens (tertiary/aromatic N) is 3. The van der Waals surface area contributed by atoms with Gasteiger partial charge in [0.05, 0.1) is 4.90 Å². The number of halogens is 1. The minimum atomic E-state index is -3.54. The van der Waals surface area contributed by atoms with Gasteiger partial charge in [-0.25, -0.2) is 13.1 Å². The van der Waals surface area contributed by atoms with Crippen LogP contribution in [0.15, 0.2) is 53.4 Å². The fraction of sp³-hybridized carbons (Fsp3) is 0.548. The average molecular weight is 601 g/mol. The van der Waals surface area contributed by atoms with E-state index < -0.39 is 10.0 Å². The van der Waals surface area contributed by atoms with E-state index in [9.17, 15) is 18.0 Å². The predicted octanol–water partition coefficient (Wildman–Crippen LogP) is 4.60. The molecule has 3 heterocycles. The number of benzene rings is 2. The molecule has 0 saturated carbocycles. The molecule has 2 unspecified atom stereocenters. The van der Waals surface area contributed by atoms with E-state index in [1.165, 1.54) is 0 Å². The van der Waals surface area contributed by atoms with Crippen LogP contribution in [-0.2, 0) is 19.6 Å². The lowest BCUT2D eigenvalue weighted by Crippen LogP contribution is -2.51. The molecule has 222 valence electrons. The van der Waals surface area contributed by atoms with Crippen molar-refractivity contribution in [3.63, 3.8) is 0 Å². The number of nitrogens with one attached hydrogen (secondary N) is 1. The number of piperidine rings is 2. The lowest BCUT2D eigenvalue weighted by Gasteiger charge is -2.39. The minimum Gasteiger partial charge on any atom is -0.343 e. The summed E-state index contributed by atoms with van der Waals surface area (Å²) in [5, 5.41) is 0.643. The first-order valence-electron chi connectivity index (χ1n) is 14.8. The molecule has 10 heteroatoms. The second-order valence-corrected chi connectivity index (χ2v) is 13.9. The highest BCUT2D eigenvalue weighted by molar-refractivity contribution is 7.89. The Kier molecular flexibility index (Phi) is 9.38. The van der Waals surface area contributed by atoms with Crippen molar-refractivity contribution in [2.24, 2.45) is 5.92 Å². The van der Waals surface area contributed by atoms with Crippen molar-refractivity contribution in [3.05, 3.63) is 59.1 Å². The molecule has 0 radical (unpaired) electrons. The molecule has 3 saturated heterocycles. The van der Waals surface area contributed by atoms with Crippen LogP contribution in [0.2, 0.25) is 5.02 Å². The van der Waals surface area contributed by atoms with E-state index >= 15 is 0 Å². The average Bonchev–Trinajstić information content (AvgIpc) is 3.20. The first-order valence-corrected chi connectivity index (χ1v) is 16.6. The highest BCUT2D eigenvalue weighted by Gasteiger charge is 2.41. The molecule has 2 atom stereocenters. The Labute approximate surface area is 249 Å². The summed E-state index contributed by atoms with van der Waals surface area (Å²) in [6.07, 6.45) is 5.90. The summed E-state index contributed by atoms with van der Waals surface area (Å²) in [5.74, 6) is 0.0460. The third kappa shape index (κ3) is 6.96. The fourth-order valence-electron chi connectivity index (χ4n) is 6.81. The molecular formula is C31H41ClN4O4S. The number of anilines is 1. The van der Waals surface area contributed by atoms with E-state index in [4.69, 9.17) is 11.6 Å². The van der Waals surface area contributed by atoms with Crippen molar-refractivity contribution in [1.29, 1.82) is 0 Å².